The van der Waals surface area contributed by atoms with Gasteiger partial charge in [0.1, 0.15) is 5.82 Å². The van der Waals surface area contributed by atoms with Gasteiger partial charge in [0.2, 0.25) is 10.0 Å². The van der Waals surface area contributed by atoms with E-state index in [1.54, 1.807) is 0 Å². The maximum atomic E-state index is 13.8. The number of hydrogen-bond acceptors (Lipinski definition) is 4. The summed E-state index contributed by atoms with van der Waals surface area (Å²) in [5, 5.41) is 8.01. The van der Waals surface area contributed by atoms with Crippen LogP contribution in [0.25, 0.3) is 0 Å². The molecule has 1 aromatic rings. The van der Waals surface area contributed by atoms with Crippen molar-refractivity contribution in [3.05, 3.63) is 24.0 Å². The van der Waals surface area contributed by atoms with E-state index in [4.69, 9.17) is 5.14 Å². The molecule has 0 spiro atoms. The third-order valence-electron chi connectivity index (χ3n) is 3.70. The number of likely N-dealkylation sites (N-methyl/N-ethyl adjacent to an activating group) is 1. The fourth-order valence-electron chi connectivity index (χ4n) is 2.59. The molecule has 0 amide bonds. The van der Waals surface area contributed by atoms with Gasteiger partial charge in [0, 0.05) is 12.6 Å². The number of rotatable bonds is 5. The maximum absolute atomic E-state index is 13.8. The molecule has 1 aliphatic rings. The molecule has 2 rings (SSSR count). The monoisotopic (exact) mass is 301 g/mol. The number of benzene rings is 1. The van der Waals surface area contributed by atoms with Gasteiger partial charge >= 0.3 is 0 Å². The van der Waals surface area contributed by atoms with Crippen molar-refractivity contribution in [3.8, 4) is 0 Å². The van der Waals surface area contributed by atoms with E-state index >= 15 is 0 Å². The van der Waals surface area contributed by atoms with Crippen LogP contribution in [0.15, 0.2) is 23.1 Å². The normalized spacial score (nSPS) is 20.2. The van der Waals surface area contributed by atoms with E-state index in [2.05, 4.69) is 17.1 Å². The summed E-state index contributed by atoms with van der Waals surface area (Å²) >= 11 is 0. The predicted octanol–water partition coefficient (Wildman–Crippen LogP) is 1.37. The summed E-state index contributed by atoms with van der Waals surface area (Å²) in [5.74, 6) is -0.599. The lowest BCUT2D eigenvalue weighted by Gasteiger charge is -2.23. The fourth-order valence-corrected chi connectivity index (χ4v) is 3.11. The minimum atomic E-state index is -3.86. The van der Waals surface area contributed by atoms with Crippen LogP contribution in [0.4, 0.5) is 10.1 Å². The number of hydrogen-bond donors (Lipinski definition) is 2. The Labute approximate surface area is 119 Å². The summed E-state index contributed by atoms with van der Waals surface area (Å²) in [6.07, 6.45) is 2.25. The van der Waals surface area contributed by atoms with E-state index in [9.17, 15) is 12.8 Å². The van der Waals surface area contributed by atoms with Gasteiger partial charge in [-0.15, -0.1) is 0 Å². The molecule has 0 saturated carbocycles. The van der Waals surface area contributed by atoms with Crippen LogP contribution in [-0.4, -0.2) is 39.0 Å². The van der Waals surface area contributed by atoms with Crippen molar-refractivity contribution in [1.82, 2.24) is 4.90 Å². The van der Waals surface area contributed by atoms with E-state index in [1.807, 2.05) is 0 Å². The first-order valence-corrected chi connectivity index (χ1v) is 8.26. The molecule has 0 radical (unpaired) electrons. The van der Waals surface area contributed by atoms with Crippen LogP contribution in [0.5, 0.6) is 0 Å². The first-order valence-electron chi connectivity index (χ1n) is 6.72. The van der Waals surface area contributed by atoms with Gasteiger partial charge in [-0.1, -0.05) is 6.92 Å². The van der Waals surface area contributed by atoms with E-state index in [0.29, 0.717) is 18.3 Å². The molecule has 5 nitrogen and oxygen atoms in total. The summed E-state index contributed by atoms with van der Waals surface area (Å²) in [7, 11) is -3.86. The lowest BCUT2D eigenvalue weighted by molar-refractivity contribution is 0.277. The van der Waals surface area contributed by atoms with Crippen molar-refractivity contribution in [2.24, 2.45) is 5.14 Å². The molecule has 0 aliphatic carbocycles. The molecule has 1 heterocycles. The largest absolute Gasteiger partial charge is 0.381 e. The van der Waals surface area contributed by atoms with Crippen molar-refractivity contribution in [2.75, 3.05) is 25.0 Å². The lowest BCUT2D eigenvalue weighted by atomic mass is 10.2. The number of nitrogens with one attached hydrogen (secondary N) is 1. The number of nitrogens with zero attached hydrogens (tertiary/aromatic N) is 1. The average molecular weight is 301 g/mol. The highest BCUT2D eigenvalue weighted by molar-refractivity contribution is 7.89. The Morgan fingerprint density at radius 2 is 2.25 bits per heavy atom. The molecular weight excluding hydrogens is 281 g/mol. The van der Waals surface area contributed by atoms with Crippen molar-refractivity contribution < 1.29 is 12.8 Å². The van der Waals surface area contributed by atoms with E-state index in [1.165, 1.54) is 12.1 Å². The van der Waals surface area contributed by atoms with Crippen molar-refractivity contribution in [2.45, 2.75) is 30.7 Å². The lowest BCUT2D eigenvalue weighted by Crippen LogP contribution is -2.34. The number of likely N-dealkylation sites (tertiary alicyclic amines) is 1. The van der Waals surface area contributed by atoms with Gasteiger partial charge in [-0.2, -0.15) is 0 Å². The Balaban J connectivity index is 2.03. The van der Waals surface area contributed by atoms with Crippen LogP contribution < -0.4 is 10.5 Å². The maximum Gasteiger partial charge on any atom is 0.238 e. The Morgan fingerprint density at radius 3 is 2.85 bits per heavy atom. The number of primary sulfonamides is 1. The predicted molar refractivity (Wildman–Crippen MR) is 76.5 cm³/mol. The summed E-state index contributed by atoms with van der Waals surface area (Å²) in [4.78, 5) is 2.14. The highest BCUT2D eigenvalue weighted by Crippen LogP contribution is 2.21. The van der Waals surface area contributed by atoms with Crippen LogP contribution in [0.2, 0.25) is 0 Å². The number of sulfonamides is 1. The molecule has 1 fully saturated rings. The molecule has 1 aliphatic heterocycles. The molecule has 1 atom stereocenters. The van der Waals surface area contributed by atoms with Crippen LogP contribution in [0.1, 0.15) is 19.8 Å². The van der Waals surface area contributed by atoms with E-state index in [-0.39, 0.29) is 4.90 Å². The standard InChI is InChI=1S/C13H20FN3O2S/c1-2-17-7-3-4-10(17)9-16-13-6-5-11(8-12(13)14)20(15,18)19/h5-6,8,10,16H,2-4,7,9H2,1H3,(H2,15,18,19). The molecule has 0 bridgehead atoms. The summed E-state index contributed by atoms with van der Waals surface area (Å²) in [6, 6.07) is 4.08. The third-order valence-corrected chi connectivity index (χ3v) is 4.61. The first kappa shape index (κ1) is 15.2. The van der Waals surface area contributed by atoms with Crippen LogP contribution in [-0.2, 0) is 10.0 Å². The second-order valence-electron chi connectivity index (χ2n) is 4.99. The van der Waals surface area contributed by atoms with Crippen molar-refractivity contribution >= 4 is 15.7 Å². The van der Waals surface area contributed by atoms with Gasteiger partial charge in [-0.05, 0) is 44.1 Å². The van der Waals surface area contributed by atoms with Gasteiger partial charge in [-0.3, -0.25) is 4.90 Å². The molecule has 0 aromatic heterocycles. The molecule has 1 saturated heterocycles. The van der Waals surface area contributed by atoms with Gasteiger partial charge in [0.15, 0.2) is 0 Å². The molecule has 3 N–H and O–H groups in total. The van der Waals surface area contributed by atoms with Crippen LogP contribution >= 0.6 is 0 Å². The Hall–Kier alpha value is -1.18. The van der Waals surface area contributed by atoms with Gasteiger partial charge in [-0.25, -0.2) is 17.9 Å². The summed E-state index contributed by atoms with van der Waals surface area (Å²) < 4.78 is 36.1. The first-order chi connectivity index (χ1) is 9.41. The van der Waals surface area contributed by atoms with E-state index in [0.717, 1.165) is 32.0 Å². The topological polar surface area (TPSA) is 75.4 Å². The SMILES string of the molecule is CCN1CCCC1CNc1ccc(S(N)(=O)=O)cc1F. The number of anilines is 1. The minimum absolute atomic E-state index is 0.211. The van der Waals surface area contributed by atoms with Crippen molar-refractivity contribution in [3.63, 3.8) is 0 Å². The number of nitrogens with two attached hydrogens (primary N) is 1. The molecular formula is C13H20FN3O2S. The molecule has 20 heavy (non-hydrogen) atoms. The highest BCUT2D eigenvalue weighted by atomic mass is 32.2. The van der Waals surface area contributed by atoms with Gasteiger partial charge < -0.3 is 5.32 Å². The zero-order chi connectivity index (χ0) is 14.8. The highest BCUT2D eigenvalue weighted by Gasteiger charge is 2.22. The Kier molecular flexibility index (Phi) is 4.62. The van der Waals surface area contributed by atoms with Crippen LogP contribution in [0.3, 0.4) is 0 Å². The Bertz CT molecular complexity index is 577. The molecule has 1 aromatic carbocycles. The zero-order valence-electron chi connectivity index (χ0n) is 11.5. The number of halogens is 1. The Morgan fingerprint density at radius 1 is 1.50 bits per heavy atom. The smallest absolute Gasteiger partial charge is 0.238 e. The second-order valence-corrected chi connectivity index (χ2v) is 6.55. The van der Waals surface area contributed by atoms with Crippen molar-refractivity contribution in [1.29, 1.82) is 0 Å². The second kappa shape index (κ2) is 6.07. The molecule has 7 heteroatoms. The van der Waals surface area contributed by atoms with E-state index < -0.39 is 15.8 Å². The summed E-state index contributed by atoms with van der Waals surface area (Å²) in [5.41, 5.74) is 0.306. The summed E-state index contributed by atoms with van der Waals surface area (Å²) in [6.45, 7) is 4.83. The quantitative estimate of drug-likeness (QED) is 0.861. The van der Waals surface area contributed by atoms with Gasteiger partial charge in [0.25, 0.3) is 0 Å². The molecule has 1 unspecified atom stereocenters. The third kappa shape index (κ3) is 3.47. The van der Waals surface area contributed by atoms with Crippen LogP contribution in [0, 0.1) is 5.82 Å². The fraction of sp³-hybridized carbons (Fsp3) is 0.538. The average Bonchev–Trinajstić information content (AvgIpc) is 2.83. The minimum Gasteiger partial charge on any atom is -0.381 e. The zero-order valence-corrected chi connectivity index (χ0v) is 12.3. The molecule has 112 valence electrons. The van der Waals surface area contributed by atoms with Gasteiger partial charge in [0.05, 0.1) is 10.6 Å².